The van der Waals surface area contributed by atoms with E-state index in [9.17, 15) is 4.79 Å². The van der Waals surface area contributed by atoms with E-state index in [1.165, 1.54) is 30.4 Å². The van der Waals surface area contributed by atoms with E-state index >= 15 is 0 Å². The van der Waals surface area contributed by atoms with Gasteiger partial charge in [-0.2, -0.15) is 0 Å². The lowest BCUT2D eigenvalue weighted by Gasteiger charge is -2.35. The number of aryl methyl sites for hydroxylation is 1. The lowest BCUT2D eigenvalue weighted by molar-refractivity contribution is 0.0610. The van der Waals surface area contributed by atoms with Crippen molar-refractivity contribution in [1.29, 1.82) is 0 Å². The van der Waals surface area contributed by atoms with Crippen molar-refractivity contribution in [2.45, 2.75) is 58.0 Å². The number of fused-ring (bicyclic) bond motifs is 1. The molecule has 0 bridgehead atoms. The molecule has 1 aliphatic heterocycles. The Morgan fingerprint density at radius 1 is 1.08 bits per heavy atom. The predicted molar refractivity (Wildman–Crippen MR) is 104 cm³/mol. The van der Waals surface area contributed by atoms with Gasteiger partial charge in [-0.05, 0) is 42.5 Å². The molecule has 0 saturated heterocycles. The molecule has 0 N–H and O–H groups in total. The van der Waals surface area contributed by atoms with Crippen LogP contribution in [-0.4, -0.2) is 23.5 Å². The molecule has 4 rings (SSSR count). The Bertz CT molecular complexity index is 793. The minimum absolute atomic E-state index is 0.124. The number of carbonyl (C=O) groups excluding carboxylic acids is 1. The highest BCUT2D eigenvalue weighted by Crippen LogP contribution is 2.33. The molecule has 2 aromatic carbocycles. The fourth-order valence-corrected chi connectivity index (χ4v) is 4.27. The summed E-state index contributed by atoms with van der Waals surface area (Å²) in [5, 5.41) is 0. The van der Waals surface area contributed by atoms with Crippen LogP contribution in [0.1, 0.15) is 59.2 Å². The molecule has 0 unspecified atom stereocenters. The quantitative estimate of drug-likeness (QED) is 0.785. The minimum atomic E-state index is 0.124. The molecule has 2 aromatic rings. The number of amides is 1. The van der Waals surface area contributed by atoms with Crippen LogP contribution in [0.15, 0.2) is 42.5 Å². The Morgan fingerprint density at radius 3 is 2.69 bits per heavy atom. The number of carbonyl (C=O) groups is 1. The van der Waals surface area contributed by atoms with Crippen LogP contribution in [0.2, 0.25) is 0 Å². The molecule has 0 aromatic heterocycles. The molecule has 2 aliphatic rings. The topological polar surface area (TPSA) is 29.5 Å². The lowest BCUT2D eigenvalue weighted by Crippen LogP contribution is -2.41. The molecule has 1 saturated carbocycles. The van der Waals surface area contributed by atoms with E-state index in [0.29, 0.717) is 19.2 Å². The molecular formula is C23H27NO2. The van der Waals surface area contributed by atoms with Crippen LogP contribution in [0.3, 0.4) is 0 Å². The van der Waals surface area contributed by atoms with Gasteiger partial charge in [0.15, 0.2) is 0 Å². The third-order valence-corrected chi connectivity index (χ3v) is 5.82. The van der Waals surface area contributed by atoms with Crippen LogP contribution in [0.25, 0.3) is 0 Å². The Hall–Kier alpha value is -2.29. The highest BCUT2D eigenvalue weighted by atomic mass is 16.5. The molecule has 1 amide bonds. The van der Waals surface area contributed by atoms with Gasteiger partial charge in [-0.1, -0.05) is 55.7 Å². The zero-order valence-electron chi connectivity index (χ0n) is 15.5. The standard InChI is InChI=1S/C23H27NO2/c1-17-8-5-6-9-19(17)16-24(20-11-3-2-4-12-20)23(25)21-13-7-10-18-14-15-26-22(18)21/h5-10,13,20H,2-4,11-12,14-16H2,1H3. The van der Waals surface area contributed by atoms with Gasteiger partial charge >= 0.3 is 0 Å². The van der Waals surface area contributed by atoms with Gasteiger partial charge in [0.2, 0.25) is 0 Å². The van der Waals surface area contributed by atoms with Gasteiger partial charge in [0.05, 0.1) is 12.2 Å². The SMILES string of the molecule is Cc1ccccc1CN(C(=O)c1cccc2c1OCC2)C1CCCCC1. The smallest absolute Gasteiger partial charge is 0.258 e. The summed E-state index contributed by atoms with van der Waals surface area (Å²) in [5.41, 5.74) is 4.38. The predicted octanol–water partition coefficient (Wildman–Crippen LogP) is 4.91. The summed E-state index contributed by atoms with van der Waals surface area (Å²) in [5.74, 6) is 0.932. The molecule has 0 atom stereocenters. The number of nitrogens with zero attached hydrogens (tertiary/aromatic N) is 1. The van der Waals surface area contributed by atoms with Crippen molar-refractivity contribution < 1.29 is 9.53 Å². The normalized spacial score (nSPS) is 16.8. The van der Waals surface area contributed by atoms with Crippen molar-refractivity contribution in [1.82, 2.24) is 4.90 Å². The Labute approximate surface area is 156 Å². The summed E-state index contributed by atoms with van der Waals surface area (Å²) < 4.78 is 5.81. The van der Waals surface area contributed by atoms with Gasteiger partial charge in [0.1, 0.15) is 5.75 Å². The molecule has 1 fully saturated rings. The van der Waals surface area contributed by atoms with Crippen molar-refractivity contribution in [2.75, 3.05) is 6.61 Å². The summed E-state index contributed by atoms with van der Waals surface area (Å²) in [6.45, 7) is 3.49. The second-order valence-corrected chi connectivity index (χ2v) is 7.54. The monoisotopic (exact) mass is 349 g/mol. The van der Waals surface area contributed by atoms with Crippen molar-refractivity contribution in [3.8, 4) is 5.75 Å². The number of benzene rings is 2. The maximum absolute atomic E-state index is 13.6. The number of rotatable bonds is 4. The average molecular weight is 349 g/mol. The van der Waals surface area contributed by atoms with E-state index in [-0.39, 0.29) is 5.91 Å². The molecule has 26 heavy (non-hydrogen) atoms. The van der Waals surface area contributed by atoms with Crippen molar-refractivity contribution in [3.63, 3.8) is 0 Å². The van der Waals surface area contributed by atoms with E-state index in [2.05, 4.69) is 42.2 Å². The number of para-hydroxylation sites is 1. The van der Waals surface area contributed by atoms with Crippen molar-refractivity contribution in [3.05, 3.63) is 64.7 Å². The van der Waals surface area contributed by atoms with Crippen molar-refractivity contribution >= 4 is 5.91 Å². The van der Waals surface area contributed by atoms with Gasteiger partial charge in [0.25, 0.3) is 5.91 Å². The maximum atomic E-state index is 13.6. The molecule has 3 nitrogen and oxygen atoms in total. The third kappa shape index (κ3) is 3.35. The van der Waals surface area contributed by atoms with Crippen molar-refractivity contribution in [2.24, 2.45) is 0 Å². The first-order chi connectivity index (χ1) is 12.7. The summed E-state index contributed by atoms with van der Waals surface area (Å²) in [6, 6.07) is 14.7. The van der Waals surface area contributed by atoms with Gasteiger partial charge in [-0.3, -0.25) is 4.79 Å². The van der Waals surface area contributed by atoms with E-state index in [4.69, 9.17) is 4.74 Å². The van der Waals surface area contributed by atoms with E-state index in [0.717, 1.165) is 36.1 Å². The van der Waals surface area contributed by atoms with Crippen LogP contribution < -0.4 is 4.74 Å². The van der Waals surface area contributed by atoms with E-state index in [1.54, 1.807) is 0 Å². The van der Waals surface area contributed by atoms with E-state index < -0.39 is 0 Å². The molecule has 0 spiro atoms. The largest absolute Gasteiger partial charge is 0.492 e. The first-order valence-electron chi connectivity index (χ1n) is 9.84. The fourth-order valence-electron chi connectivity index (χ4n) is 4.27. The van der Waals surface area contributed by atoms with Crippen LogP contribution in [-0.2, 0) is 13.0 Å². The third-order valence-electron chi connectivity index (χ3n) is 5.82. The van der Waals surface area contributed by atoms with Gasteiger partial charge in [0, 0.05) is 19.0 Å². The molecular weight excluding hydrogens is 322 g/mol. The zero-order chi connectivity index (χ0) is 17.9. The summed E-state index contributed by atoms with van der Waals surface area (Å²) in [4.78, 5) is 15.7. The Kier molecular flexibility index (Phi) is 4.96. The van der Waals surface area contributed by atoms with Gasteiger partial charge < -0.3 is 9.64 Å². The zero-order valence-corrected chi connectivity index (χ0v) is 15.5. The van der Waals surface area contributed by atoms with Gasteiger partial charge in [-0.25, -0.2) is 0 Å². The highest BCUT2D eigenvalue weighted by Gasteiger charge is 2.30. The highest BCUT2D eigenvalue weighted by molar-refractivity contribution is 5.97. The van der Waals surface area contributed by atoms with Crippen LogP contribution in [0.5, 0.6) is 5.75 Å². The van der Waals surface area contributed by atoms with Crippen LogP contribution >= 0.6 is 0 Å². The second kappa shape index (κ2) is 7.53. The molecule has 0 radical (unpaired) electrons. The number of hydrogen-bond donors (Lipinski definition) is 0. The molecule has 3 heteroatoms. The summed E-state index contributed by atoms with van der Waals surface area (Å²) in [6.07, 6.45) is 6.82. The Morgan fingerprint density at radius 2 is 1.88 bits per heavy atom. The maximum Gasteiger partial charge on any atom is 0.258 e. The van der Waals surface area contributed by atoms with Gasteiger partial charge in [-0.15, -0.1) is 0 Å². The molecule has 1 aliphatic carbocycles. The lowest BCUT2D eigenvalue weighted by atomic mass is 9.92. The molecule has 136 valence electrons. The van der Waals surface area contributed by atoms with Crippen LogP contribution in [0, 0.1) is 6.92 Å². The summed E-state index contributed by atoms with van der Waals surface area (Å²) in [7, 11) is 0. The van der Waals surface area contributed by atoms with E-state index in [1.807, 2.05) is 12.1 Å². The first-order valence-corrected chi connectivity index (χ1v) is 9.84. The Balaban J connectivity index is 1.67. The minimum Gasteiger partial charge on any atom is -0.492 e. The first kappa shape index (κ1) is 17.1. The van der Waals surface area contributed by atoms with Crippen LogP contribution in [0.4, 0.5) is 0 Å². The average Bonchev–Trinajstić information content (AvgIpc) is 3.16. The number of ether oxygens (including phenoxy) is 1. The fraction of sp³-hybridized carbons (Fsp3) is 0.435. The number of hydrogen-bond acceptors (Lipinski definition) is 2. The molecule has 1 heterocycles. The summed E-state index contributed by atoms with van der Waals surface area (Å²) >= 11 is 0. The second-order valence-electron chi connectivity index (χ2n) is 7.54.